The molecule has 1 N–H and O–H groups in total. The van der Waals surface area contributed by atoms with Crippen LogP contribution >= 0.6 is 0 Å². The lowest BCUT2D eigenvalue weighted by molar-refractivity contribution is 0.223. The Labute approximate surface area is 120 Å². The van der Waals surface area contributed by atoms with Gasteiger partial charge in [-0.1, -0.05) is 0 Å². The van der Waals surface area contributed by atoms with Crippen LogP contribution in [-0.4, -0.2) is 29.6 Å². The van der Waals surface area contributed by atoms with Gasteiger partial charge in [0.1, 0.15) is 11.6 Å². The van der Waals surface area contributed by atoms with Gasteiger partial charge in [-0.05, 0) is 58.4 Å². The molecule has 0 bridgehead atoms. The summed E-state index contributed by atoms with van der Waals surface area (Å²) in [6.45, 7) is 8.74. The molecule has 2 rings (SSSR count). The molecule has 0 aromatic heterocycles. The molecule has 2 nitrogen and oxygen atoms in total. The molecule has 4 heteroatoms. The lowest BCUT2D eigenvalue weighted by atomic mass is 10.1. The summed E-state index contributed by atoms with van der Waals surface area (Å²) in [5, 5.41) is 3.50. The molecule has 1 heterocycles. The fourth-order valence-electron chi connectivity index (χ4n) is 2.64. The van der Waals surface area contributed by atoms with Crippen LogP contribution in [0.3, 0.4) is 0 Å². The predicted molar refractivity (Wildman–Crippen MR) is 77.5 cm³/mol. The molecule has 1 aromatic carbocycles. The first kappa shape index (κ1) is 15.4. The SMILES string of the molecule is CC(C)(C)NCC1CCCN1Cc1cc(F)ccc1F. The van der Waals surface area contributed by atoms with Crippen molar-refractivity contribution in [1.82, 2.24) is 10.2 Å². The summed E-state index contributed by atoms with van der Waals surface area (Å²) in [5.41, 5.74) is 0.533. The molecular weight excluding hydrogens is 258 g/mol. The van der Waals surface area contributed by atoms with E-state index >= 15 is 0 Å². The average Bonchev–Trinajstić information content (AvgIpc) is 2.78. The summed E-state index contributed by atoms with van der Waals surface area (Å²) in [5.74, 6) is -0.689. The molecule has 1 saturated heterocycles. The van der Waals surface area contributed by atoms with Gasteiger partial charge in [-0.25, -0.2) is 8.78 Å². The molecule has 0 aliphatic carbocycles. The fraction of sp³-hybridized carbons (Fsp3) is 0.625. The van der Waals surface area contributed by atoms with Crippen LogP contribution in [-0.2, 0) is 6.54 Å². The molecule has 0 amide bonds. The zero-order valence-corrected chi connectivity index (χ0v) is 12.5. The fourth-order valence-corrected chi connectivity index (χ4v) is 2.64. The van der Waals surface area contributed by atoms with E-state index in [1.807, 2.05) is 0 Å². The van der Waals surface area contributed by atoms with Crippen molar-refractivity contribution in [3.63, 3.8) is 0 Å². The second kappa shape index (κ2) is 6.19. The summed E-state index contributed by atoms with van der Waals surface area (Å²) < 4.78 is 26.9. The number of halogens is 2. The van der Waals surface area contributed by atoms with Crippen LogP contribution in [0, 0.1) is 11.6 Å². The Balaban J connectivity index is 1.99. The first-order valence-electron chi connectivity index (χ1n) is 7.28. The van der Waals surface area contributed by atoms with E-state index in [0.717, 1.165) is 25.9 Å². The van der Waals surface area contributed by atoms with Crippen molar-refractivity contribution in [3.05, 3.63) is 35.4 Å². The van der Waals surface area contributed by atoms with E-state index in [0.29, 0.717) is 18.2 Å². The van der Waals surface area contributed by atoms with E-state index in [1.54, 1.807) is 0 Å². The molecule has 20 heavy (non-hydrogen) atoms. The minimum absolute atomic E-state index is 0.0817. The molecule has 1 fully saturated rings. The average molecular weight is 282 g/mol. The van der Waals surface area contributed by atoms with Gasteiger partial charge >= 0.3 is 0 Å². The van der Waals surface area contributed by atoms with Gasteiger partial charge in [-0.15, -0.1) is 0 Å². The van der Waals surface area contributed by atoms with Gasteiger partial charge < -0.3 is 5.32 Å². The predicted octanol–water partition coefficient (Wildman–Crippen LogP) is 3.32. The van der Waals surface area contributed by atoms with Crippen LogP contribution in [0.5, 0.6) is 0 Å². The number of nitrogens with zero attached hydrogens (tertiary/aromatic N) is 1. The van der Waals surface area contributed by atoms with E-state index in [1.165, 1.54) is 18.2 Å². The minimum atomic E-state index is -0.370. The molecule has 1 aliphatic heterocycles. The van der Waals surface area contributed by atoms with E-state index in [9.17, 15) is 8.78 Å². The molecule has 1 atom stereocenters. The van der Waals surface area contributed by atoms with E-state index in [4.69, 9.17) is 0 Å². The van der Waals surface area contributed by atoms with Gasteiger partial charge in [-0.3, -0.25) is 4.90 Å². The highest BCUT2D eigenvalue weighted by Gasteiger charge is 2.26. The highest BCUT2D eigenvalue weighted by Crippen LogP contribution is 2.21. The third-order valence-corrected chi connectivity index (χ3v) is 3.75. The Morgan fingerprint density at radius 2 is 2.05 bits per heavy atom. The largest absolute Gasteiger partial charge is 0.311 e. The number of rotatable bonds is 4. The Kier molecular flexibility index (Phi) is 4.76. The van der Waals surface area contributed by atoms with Crippen molar-refractivity contribution in [2.75, 3.05) is 13.1 Å². The van der Waals surface area contributed by atoms with E-state index in [-0.39, 0.29) is 17.2 Å². The number of hydrogen-bond donors (Lipinski definition) is 1. The van der Waals surface area contributed by atoms with Gasteiger partial charge in [0.05, 0.1) is 0 Å². The standard InChI is InChI=1S/C16H24F2N2/c1-16(2,3)19-10-14-5-4-8-20(14)11-12-9-13(17)6-7-15(12)18/h6-7,9,14,19H,4-5,8,10-11H2,1-3H3. The lowest BCUT2D eigenvalue weighted by Gasteiger charge is -2.29. The second-order valence-electron chi connectivity index (χ2n) is 6.63. The molecule has 1 unspecified atom stereocenters. The molecule has 0 radical (unpaired) electrons. The van der Waals surface area contributed by atoms with Crippen LogP contribution in [0.1, 0.15) is 39.2 Å². The number of nitrogens with one attached hydrogen (secondary N) is 1. The molecule has 0 saturated carbocycles. The van der Waals surface area contributed by atoms with Crippen molar-refractivity contribution in [2.45, 2.75) is 51.7 Å². The Morgan fingerprint density at radius 3 is 2.75 bits per heavy atom. The zero-order chi connectivity index (χ0) is 14.8. The van der Waals surface area contributed by atoms with Crippen molar-refractivity contribution in [3.8, 4) is 0 Å². The van der Waals surface area contributed by atoms with E-state index < -0.39 is 0 Å². The summed E-state index contributed by atoms with van der Waals surface area (Å²) >= 11 is 0. The van der Waals surface area contributed by atoms with Crippen molar-refractivity contribution < 1.29 is 8.78 Å². The van der Waals surface area contributed by atoms with Crippen LogP contribution in [0.4, 0.5) is 8.78 Å². The maximum absolute atomic E-state index is 13.7. The zero-order valence-electron chi connectivity index (χ0n) is 12.5. The van der Waals surface area contributed by atoms with Crippen LogP contribution in [0.15, 0.2) is 18.2 Å². The second-order valence-corrected chi connectivity index (χ2v) is 6.63. The topological polar surface area (TPSA) is 15.3 Å². The summed E-state index contributed by atoms with van der Waals surface area (Å²) in [6, 6.07) is 4.09. The number of likely N-dealkylation sites (tertiary alicyclic amines) is 1. The van der Waals surface area contributed by atoms with Gasteiger partial charge in [0, 0.05) is 30.2 Å². The van der Waals surface area contributed by atoms with Crippen molar-refractivity contribution in [1.29, 1.82) is 0 Å². The smallest absolute Gasteiger partial charge is 0.127 e. The third kappa shape index (κ3) is 4.25. The molecule has 112 valence electrons. The number of hydrogen-bond acceptors (Lipinski definition) is 2. The first-order valence-corrected chi connectivity index (χ1v) is 7.28. The van der Waals surface area contributed by atoms with Gasteiger partial charge in [0.25, 0.3) is 0 Å². The number of benzene rings is 1. The lowest BCUT2D eigenvalue weighted by Crippen LogP contribution is -2.45. The Hall–Kier alpha value is -1.00. The molecule has 1 aromatic rings. The van der Waals surface area contributed by atoms with Crippen LogP contribution in [0.2, 0.25) is 0 Å². The summed E-state index contributed by atoms with van der Waals surface area (Å²) in [4.78, 5) is 2.25. The quantitative estimate of drug-likeness (QED) is 0.911. The Morgan fingerprint density at radius 1 is 1.30 bits per heavy atom. The minimum Gasteiger partial charge on any atom is -0.311 e. The van der Waals surface area contributed by atoms with Crippen LogP contribution in [0.25, 0.3) is 0 Å². The third-order valence-electron chi connectivity index (χ3n) is 3.75. The highest BCUT2D eigenvalue weighted by molar-refractivity contribution is 5.19. The van der Waals surface area contributed by atoms with Crippen molar-refractivity contribution >= 4 is 0 Å². The molecule has 1 aliphatic rings. The summed E-state index contributed by atoms with van der Waals surface area (Å²) in [7, 11) is 0. The van der Waals surface area contributed by atoms with E-state index in [2.05, 4.69) is 31.0 Å². The maximum atomic E-state index is 13.7. The first-order chi connectivity index (χ1) is 9.35. The Bertz CT molecular complexity index is 454. The molecule has 0 spiro atoms. The van der Waals surface area contributed by atoms with Crippen molar-refractivity contribution in [2.24, 2.45) is 0 Å². The van der Waals surface area contributed by atoms with Gasteiger partial charge in [-0.2, -0.15) is 0 Å². The van der Waals surface area contributed by atoms with Crippen LogP contribution < -0.4 is 5.32 Å². The summed E-state index contributed by atoms with van der Waals surface area (Å²) in [6.07, 6.45) is 2.23. The highest BCUT2D eigenvalue weighted by atomic mass is 19.1. The monoisotopic (exact) mass is 282 g/mol. The maximum Gasteiger partial charge on any atom is 0.127 e. The van der Waals surface area contributed by atoms with Gasteiger partial charge in [0.15, 0.2) is 0 Å². The molecular formula is C16H24F2N2. The van der Waals surface area contributed by atoms with Gasteiger partial charge in [0.2, 0.25) is 0 Å². The normalized spacial score (nSPS) is 20.6.